The Morgan fingerprint density at radius 2 is 1.93 bits per heavy atom. The number of alkyl halides is 3. The average molecular weight is 226 g/mol. The minimum absolute atomic E-state index is 0.0551. The van der Waals surface area contributed by atoms with Gasteiger partial charge in [-0.2, -0.15) is 13.2 Å². The van der Waals surface area contributed by atoms with Gasteiger partial charge in [0.05, 0.1) is 0 Å². The molecule has 1 aliphatic rings. The molecule has 88 valence electrons. The van der Waals surface area contributed by atoms with Crippen LogP contribution in [0.25, 0.3) is 0 Å². The standard InChI is InChI=1S/C8H13F3N2O2/c9-8(10,11)5-15-13-7(14)12-6-3-1-2-4-6/h6H,1-5H2,(H2,12,13,14). The molecule has 0 bridgehead atoms. The third kappa shape index (κ3) is 5.46. The van der Waals surface area contributed by atoms with Crippen LogP contribution in [0.15, 0.2) is 0 Å². The summed E-state index contributed by atoms with van der Waals surface area (Å²) in [7, 11) is 0. The van der Waals surface area contributed by atoms with Gasteiger partial charge in [-0.15, -0.1) is 0 Å². The van der Waals surface area contributed by atoms with Crippen LogP contribution < -0.4 is 10.8 Å². The second kappa shape index (κ2) is 5.20. The molecule has 2 amide bonds. The van der Waals surface area contributed by atoms with Crippen molar-refractivity contribution in [3.63, 3.8) is 0 Å². The van der Waals surface area contributed by atoms with Gasteiger partial charge in [-0.1, -0.05) is 12.8 Å². The zero-order valence-electron chi connectivity index (χ0n) is 8.06. The largest absolute Gasteiger partial charge is 0.414 e. The molecule has 1 aliphatic carbocycles. The summed E-state index contributed by atoms with van der Waals surface area (Å²) < 4.78 is 34.8. The number of nitrogens with one attached hydrogen (secondary N) is 2. The van der Waals surface area contributed by atoms with E-state index in [1.807, 2.05) is 0 Å². The van der Waals surface area contributed by atoms with Gasteiger partial charge >= 0.3 is 12.2 Å². The molecule has 0 unspecified atom stereocenters. The number of halogens is 3. The normalized spacial score (nSPS) is 17.8. The van der Waals surface area contributed by atoms with E-state index in [4.69, 9.17) is 0 Å². The van der Waals surface area contributed by atoms with E-state index < -0.39 is 18.8 Å². The maximum atomic E-state index is 11.6. The van der Waals surface area contributed by atoms with Gasteiger partial charge in [-0.3, -0.25) is 4.84 Å². The average Bonchev–Trinajstić information content (AvgIpc) is 2.54. The summed E-state index contributed by atoms with van der Waals surface area (Å²) in [6, 6.07) is -0.661. The Labute approximate surface area is 85.1 Å². The first-order valence-electron chi connectivity index (χ1n) is 4.72. The summed E-state index contributed by atoms with van der Waals surface area (Å²) in [5.74, 6) is 0. The van der Waals surface area contributed by atoms with E-state index >= 15 is 0 Å². The van der Waals surface area contributed by atoms with E-state index in [0.29, 0.717) is 0 Å². The Morgan fingerprint density at radius 3 is 2.47 bits per heavy atom. The van der Waals surface area contributed by atoms with Crippen LogP contribution in [0, 0.1) is 0 Å². The van der Waals surface area contributed by atoms with Crippen molar-refractivity contribution in [1.82, 2.24) is 10.8 Å². The Balaban J connectivity index is 2.08. The lowest BCUT2D eigenvalue weighted by Crippen LogP contribution is -2.42. The molecule has 0 aliphatic heterocycles. The number of amides is 2. The number of hydrogen-bond acceptors (Lipinski definition) is 2. The molecule has 15 heavy (non-hydrogen) atoms. The van der Waals surface area contributed by atoms with Crippen LogP contribution in [0.4, 0.5) is 18.0 Å². The maximum absolute atomic E-state index is 11.6. The Kier molecular flexibility index (Phi) is 4.19. The summed E-state index contributed by atoms with van der Waals surface area (Å²) in [5.41, 5.74) is 1.70. The van der Waals surface area contributed by atoms with Crippen molar-refractivity contribution in [2.45, 2.75) is 37.9 Å². The molecule has 0 heterocycles. The molecule has 7 heteroatoms. The third-order valence-electron chi connectivity index (χ3n) is 2.09. The molecule has 0 atom stereocenters. The lowest BCUT2D eigenvalue weighted by Gasteiger charge is -2.13. The maximum Gasteiger partial charge on any atom is 0.414 e. The van der Waals surface area contributed by atoms with Crippen LogP contribution in [-0.4, -0.2) is 24.9 Å². The molecular formula is C8H13F3N2O2. The van der Waals surface area contributed by atoms with Gasteiger partial charge in [-0.25, -0.2) is 10.3 Å². The molecule has 1 fully saturated rings. The van der Waals surface area contributed by atoms with Gasteiger partial charge in [0.1, 0.15) is 0 Å². The van der Waals surface area contributed by atoms with Gasteiger partial charge in [0, 0.05) is 6.04 Å². The van der Waals surface area contributed by atoms with Crippen LogP contribution in [0.1, 0.15) is 25.7 Å². The molecule has 0 spiro atoms. The molecule has 1 rings (SSSR count). The number of hydrogen-bond donors (Lipinski definition) is 2. The number of carbonyl (C=O) groups is 1. The van der Waals surface area contributed by atoms with Crippen molar-refractivity contribution in [3.8, 4) is 0 Å². The zero-order chi connectivity index (χ0) is 11.3. The van der Waals surface area contributed by atoms with Gasteiger partial charge in [0.15, 0.2) is 6.61 Å². The molecule has 0 aromatic carbocycles. The smallest absolute Gasteiger partial charge is 0.334 e. The third-order valence-corrected chi connectivity index (χ3v) is 2.09. The Hall–Kier alpha value is -0.980. The van der Waals surface area contributed by atoms with E-state index in [1.54, 1.807) is 5.48 Å². The molecule has 0 saturated heterocycles. The van der Waals surface area contributed by atoms with Crippen molar-refractivity contribution in [1.29, 1.82) is 0 Å². The van der Waals surface area contributed by atoms with Crippen molar-refractivity contribution >= 4 is 6.03 Å². The van der Waals surface area contributed by atoms with E-state index in [-0.39, 0.29) is 6.04 Å². The number of rotatable bonds is 3. The van der Waals surface area contributed by atoms with E-state index in [0.717, 1.165) is 25.7 Å². The summed E-state index contributed by atoms with van der Waals surface area (Å²) in [6.45, 7) is -1.48. The fraction of sp³-hybridized carbons (Fsp3) is 0.875. The van der Waals surface area contributed by atoms with Crippen LogP contribution >= 0.6 is 0 Å². The van der Waals surface area contributed by atoms with Crippen molar-refractivity contribution in [2.24, 2.45) is 0 Å². The molecule has 1 saturated carbocycles. The topological polar surface area (TPSA) is 50.4 Å². The predicted octanol–water partition coefficient (Wildman–Crippen LogP) is 1.72. The van der Waals surface area contributed by atoms with Crippen LogP contribution in [0.2, 0.25) is 0 Å². The Morgan fingerprint density at radius 1 is 1.33 bits per heavy atom. The summed E-state index contributed by atoms with van der Waals surface area (Å²) in [6.07, 6.45) is -0.622. The molecule has 2 N–H and O–H groups in total. The second-order valence-electron chi connectivity index (χ2n) is 3.46. The fourth-order valence-electron chi connectivity index (χ4n) is 1.47. The van der Waals surface area contributed by atoms with E-state index in [9.17, 15) is 18.0 Å². The summed E-state index contributed by atoms with van der Waals surface area (Å²) >= 11 is 0. The quantitative estimate of drug-likeness (QED) is 0.720. The highest BCUT2D eigenvalue weighted by Gasteiger charge is 2.28. The Bertz CT molecular complexity index is 214. The molecular weight excluding hydrogens is 213 g/mol. The van der Waals surface area contributed by atoms with Crippen LogP contribution in [-0.2, 0) is 4.84 Å². The number of carbonyl (C=O) groups excluding carboxylic acids is 1. The predicted molar refractivity (Wildman–Crippen MR) is 45.9 cm³/mol. The first-order chi connectivity index (χ1) is 6.97. The highest BCUT2D eigenvalue weighted by atomic mass is 19.4. The monoisotopic (exact) mass is 226 g/mol. The zero-order valence-corrected chi connectivity index (χ0v) is 8.06. The molecule has 4 nitrogen and oxygen atoms in total. The van der Waals surface area contributed by atoms with E-state index in [2.05, 4.69) is 10.2 Å². The summed E-state index contributed by atoms with van der Waals surface area (Å²) in [5, 5.41) is 2.52. The van der Waals surface area contributed by atoms with Crippen molar-refractivity contribution in [3.05, 3.63) is 0 Å². The molecule has 0 radical (unpaired) electrons. The molecule has 0 aromatic heterocycles. The van der Waals surface area contributed by atoms with Crippen LogP contribution in [0.5, 0.6) is 0 Å². The SMILES string of the molecule is O=C(NOCC(F)(F)F)NC1CCCC1. The number of hydroxylamine groups is 1. The second-order valence-corrected chi connectivity index (χ2v) is 3.46. The van der Waals surface area contributed by atoms with Gasteiger partial charge in [-0.05, 0) is 12.8 Å². The highest BCUT2D eigenvalue weighted by molar-refractivity contribution is 5.73. The molecule has 0 aromatic rings. The van der Waals surface area contributed by atoms with Crippen molar-refractivity contribution in [2.75, 3.05) is 6.61 Å². The minimum atomic E-state index is -4.43. The summed E-state index contributed by atoms with van der Waals surface area (Å²) in [4.78, 5) is 15.0. The van der Waals surface area contributed by atoms with Gasteiger partial charge in [0.2, 0.25) is 0 Å². The lowest BCUT2D eigenvalue weighted by molar-refractivity contribution is -0.184. The lowest BCUT2D eigenvalue weighted by atomic mass is 10.3. The van der Waals surface area contributed by atoms with Gasteiger partial charge in [0.25, 0.3) is 0 Å². The first-order valence-corrected chi connectivity index (χ1v) is 4.72. The highest BCUT2D eigenvalue weighted by Crippen LogP contribution is 2.17. The van der Waals surface area contributed by atoms with E-state index in [1.165, 1.54) is 0 Å². The first kappa shape index (κ1) is 12.1. The fourth-order valence-corrected chi connectivity index (χ4v) is 1.47. The minimum Gasteiger partial charge on any atom is -0.334 e. The van der Waals surface area contributed by atoms with Crippen LogP contribution in [0.3, 0.4) is 0 Å². The van der Waals surface area contributed by atoms with Gasteiger partial charge < -0.3 is 5.32 Å². The van der Waals surface area contributed by atoms with Crippen molar-refractivity contribution < 1.29 is 22.8 Å². The number of urea groups is 1.